The van der Waals surface area contributed by atoms with Crippen LogP contribution in [0.2, 0.25) is 0 Å². The van der Waals surface area contributed by atoms with E-state index in [1.807, 2.05) is 36.1 Å². The molecule has 0 bridgehead atoms. The zero-order valence-electron chi connectivity index (χ0n) is 18.3. The fraction of sp³-hybridized carbons (Fsp3) is 0.261. The molecular weight excluding hydrogens is 460 g/mol. The van der Waals surface area contributed by atoms with Gasteiger partial charge in [0.25, 0.3) is 11.7 Å². The highest BCUT2D eigenvalue weighted by molar-refractivity contribution is 7.99. The molecule has 1 saturated heterocycles. The lowest BCUT2D eigenvalue weighted by Crippen LogP contribution is -2.49. The van der Waals surface area contributed by atoms with Crippen LogP contribution in [-0.2, 0) is 0 Å². The van der Waals surface area contributed by atoms with Crippen molar-refractivity contribution in [1.29, 1.82) is 0 Å². The van der Waals surface area contributed by atoms with Gasteiger partial charge in [0, 0.05) is 31.1 Å². The first-order chi connectivity index (χ1) is 16.5. The fourth-order valence-electron chi connectivity index (χ4n) is 3.96. The van der Waals surface area contributed by atoms with Crippen molar-refractivity contribution in [3.05, 3.63) is 66.0 Å². The minimum atomic E-state index is -2.58. The van der Waals surface area contributed by atoms with Gasteiger partial charge < -0.3 is 9.80 Å². The molecule has 0 saturated carbocycles. The van der Waals surface area contributed by atoms with Crippen LogP contribution < -0.4 is 4.90 Å². The Balaban J connectivity index is 1.34. The number of carbonyl (C=O) groups excluding carboxylic acids is 1. The summed E-state index contributed by atoms with van der Waals surface area (Å²) in [5.41, 5.74) is 3.48. The molecule has 5 rings (SSSR count). The van der Waals surface area contributed by atoms with Crippen molar-refractivity contribution in [3.8, 4) is 5.69 Å². The monoisotopic (exact) mass is 481 g/mol. The molecule has 1 amide bonds. The lowest BCUT2D eigenvalue weighted by molar-refractivity contribution is 0.0743. The van der Waals surface area contributed by atoms with E-state index in [0.29, 0.717) is 60.5 Å². The number of anilines is 1. The van der Waals surface area contributed by atoms with Crippen LogP contribution in [0.3, 0.4) is 0 Å². The number of rotatable bonds is 5. The van der Waals surface area contributed by atoms with Crippen LogP contribution in [-0.4, -0.2) is 67.7 Å². The number of aryl methyl sites for hydroxylation is 1. The molecule has 8 nitrogen and oxygen atoms in total. The number of hydrogen-bond donors (Lipinski definition) is 0. The number of nitrogens with zero attached hydrogens (tertiary/aromatic N) is 7. The number of amides is 1. The van der Waals surface area contributed by atoms with Gasteiger partial charge in [0.15, 0.2) is 17.0 Å². The summed E-state index contributed by atoms with van der Waals surface area (Å²) < 4.78 is 27.5. The predicted molar refractivity (Wildman–Crippen MR) is 126 cm³/mol. The van der Waals surface area contributed by atoms with Gasteiger partial charge in [0.2, 0.25) is 0 Å². The number of halogens is 2. The largest absolute Gasteiger partial charge is 0.351 e. The number of piperazine rings is 1. The molecule has 0 spiro atoms. The van der Waals surface area contributed by atoms with E-state index in [0.717, 1.165) is 11.3 Å². The third kappa shape index (κ3) is 4.30. The van der Waals surface area contributed by atoms with Crippen LogP contribution in [0.15, 0.2) is 59.8 Å². The van der Waals surface area contributed by atoms with Gasteiger partial charge in [-0.25, -0.2) is 9.97 Å². The quantitative estimate of drug-likeness (QED) is 0.401. The zero-order valence-corrected chi connectivity index (χ0v) is 19.1. The Labute approximate surface area is 198 Å². The van der Waals surface area contributed by atoms with Gasteiger partial charge in [-0.05, 0) is 31.2 Å². The van der Waals surface area contributed by atoms with Crippen LogP contribution in [0.4, 0.5) is 14.6 Å². The van der Waals surface area contributed by atoms with Gasteiger partial charge in [-0.15, -0.1) is 5.10 Å². The number of fused-ring (bicyclic) bond motifs is 1. The predicted octanol–water partition coefficient (Wildman–Crippen LogP) is 3.80. The van der Waals surface area contributed by atoms with E-state index >= 15 is 0 Å². The third-order valence-corrected chi connectivity index (χ3v) is 6.49. The molecule has 0 radical (unpaired) electrons. The van der Waals surface area contributed by atoms with Crippen LogP contribution in [0.5, 0.6) is 0 Å². The van der Waals surface area contributed by atoms with Crippen molar-refractivity contribution in [3.63, 3.8) is 0 Å². The van der Waals surface area contributed by atoms with E-state index in [9.17, 15) is 13.6 Å². The van der Waals surface area contributed by atoms with Crippen molar-refractivity contribution in [2.75, 3.05) is 31.1 Å². The summed E-state index contributed by atoms with van der Waals surface area (Å²) in [5, 5.41) is 8.60. The molecule has 34 heavy (non-hydrogen) atoms. The molecule has 0 aliphatic carbocycles. The van der Waals surface area contributed by atoms with Crippen molar-refractivity contribution in [2.24, 2.45) is 0 Å². The van der Waals surface area contributed by atoms with Gasteiger partial charge in [-0.3, -0.25) is 4.79 Å². The molecule has 3 heterocycles. The Morgan fingerprint density at radius 2 is 1.74 bits per heavy atom. The second-order valence-corrected chi connectivity index (χ2v) is 8.89. The summed E-state index contributed by atoms with van der Waals surface area (Å²) in [4.78, 5) is 25.9. The minimum absolute atomic E-state index is 0.249. The van der Waals surface area contributed by atoms with E-state index in [-0.39, 0.29) is 10.8 Å². The second kappa shape index (κ2) is 9.34. The Kier molecular flexibility index (Phi) is 6.10. The van der Waals surface area contributed by atoms with Crippen LogP contribution in [0.25, 0.3) is 16.9 Å². The standard InChI is InChI=1S/C23H21F2N7OS/c1-15-6-8-16(9-7-15)32-21-19(28-29-32)20(26-14-27-21)30-10-12-31(13-11-30)22(33)17-4-2-3-5-18(17)34-23(24)25/h2-9,14,23H,10-13H2,1H3. The van der Waals surface area contributed by atoms with E-state index in [2.05, 4.69) is 20.3 Å². The van der Waals surface area contributed by atoms with Crippen molar-refractivity contribution in [2.45, 2.75) is 17.6 Å². The minimum Gasteiger partial charge on any atom is -0.351 e. The molecular formula is C23H21F2N7OS. The maximum atomic E-state index is 13.0. The Morgan fingerprint density at radius 3 is 2.47 bits per heavy atom. The van der Waals surface area contributed by atoms with E-state index in [4.69, 9.17) is 0 Å². The van der Waals surface area contributed by atoms with Crippen LogP contribution >= 0.6 is 11.8 Å². The Bertz CT molecular complexity index is 1320. The Morgan fingerprint density at radius 1 is 1.00 bits per heavy atom. The molecule has 11 heteroatoms. The van der Waals surface area contributed by atoms with E-state index < -0.39 is 5.76 Å². The fourth-order valence-corrected chi connectivity index (χ4v) is 4.59. The molecule has 1 aliphatic rings. The molecule has 174 valence electrons. The topological polar surface area (TPSA) is 80.0 Å². The zero-order chi connectivity index (χ0) is 23.7. The van der Waals surface area contributed by atoms with E-state index in [1.54, 1.807) is 33.8 Å². The molecule has 1 aliphatic heterocycles. The van der Waals surface area contributed by atoms with E-state index in [1.165, 1.54) is 6.33 Å². The normalized spacial score (nSPS) is 14.2. The van der Waals surface area contributed by atoms with Crippen LogP contribution in [0.1, 0.15) is 15.9 Å². The maximum Gasteiger partial charge on any atom is 0.288 e. The smallest absolute Gasteiger partial charge is 0.288 e. The van der Waals surface area contributed by atoms with Gasteiger partial charge in [-0.2, -0.15) is 13.5 Å². The summed E-state index contributed by atoms with van der Waals surface area (Å²) in [7, 11) is 0. The summed E-state index contributed by atoms with van der Waals surface area (Å²) in [6.07, 6.45) is 1.49. The van der Waals surface area contributed by atoms with Gasteiger partial charge in [0.05, 0.1) is 11.3 Å². The SMILES string of the molecule is Cc1ccc(-n2nnc3c(N4CCN(C(=O)c5ccccc5SC(F)F)CC4)ncnc32)cc1. The molecule has 1 fully saturated rings. The number of aromatic nitrogens is 5. The van der Waals surface area contributed by atoms with Crippen LogP contribution in [0, 0.1) is 6.92 Å². The third-order valence-electron chi connectivity index (χ3n) is 5.70. The first kappa shape index (κ1) is 22.2. The number of thioether (sulfide) groups is 1. The molecule has 2 aromatic heterocycles. The van der Waals surface area contributed by atoms with Gasteiger partial charge >= 0.3 is 0 Å². The first-order valence-corrected chi connectivity index (χ1v) is 11.6. The van der Waals surface area contributed by atoms with Gasteiger partial charge in [0.1, 0.15) is 6.33 Å². The molecule has 4 aromatic rings. The highest BCUT2D eigenvalue weighted by Crippen LogP contribution is 2.30. The Hall–Kier alpha value is -3.60. The molecule has 0 unspecified atom stereocenters. The van der Waals surface area contributed by atoms with Crippen molar-refractivity contribution in [1.82, 2.24) is 29.9 Å². The number of carbonyl (C=O) groups is 1. The molecule has 2 aromatic carbocycles. The second-order valence-electron chi connectivity index (χ2n) is 7.86. The lowest BCUT2D eigenvalue weighted by Gasteiger charge is -2.35. The maximum absolute atomic E-state index is 13.0. The highest BCUT2D eigenvalue weighted by atomic mass is 32.2. The summed E-state index contributed by atoms with van der Waals surface area (Å²) in [6.45, 7) is 3.94. The van der Waals surface area contributed by atoms with Gasteiger partial charge in [-0.1, -0.05) is 46.8 Å². The highest BCUT2D eigenvalue weighted by Gasteiger charge is 2.27. The lowest BCUT2D eigenvalue weighted by atomic mass is 10.2. The van der Waals surface area contributed by atoms with Crippen molar-refractivity contribution < 1.29 is 13.6 Å². The first-order valence-electron chi connectivity index (χ1n) is 10.7. The summed E-state index contributed by atoms with van der Waals surface area (Å²) in [5.74, 6) is -2.18. The molecule has 0 atom stereocenters. The molecule has 0 N–H and O–H groups in total. The van der Waals surface area contributed by atoms with Crippen molar-refractivity contribution >= 4 is 34.7 Å². The average molecular weight is 482 g/mol. The number of alkyl halides is 2. The summed E-state index contributed by atoms with van der Waals surface area (Å²) in [6, 6.07) is 14.4. The number of benzene rings is 2. The summed E-state index contributed by atoms with van der Waals surface area (Å²) >= 11 is 0.392. The number of hydrogen-bond acceptors (Lipinski definition) is 7. The average Bonchev–Trinajstić information content (AvgIpc) is 3.29.